The first-order valence-electron chi connectivity index (χ1n) is 5.97. The Morgan fingerprint density at radius 1 is 1.22 bits per heavy atom. The average Bonchev–Trinajstić information content (AvgIpc) is 2.30. The van der Waals surface area contributed by atoms with Crippen LogP contribution in [0, 0.1) is 6.54 Å². The third-order valence-electron chi connectivity index (χ3n) is 2.42. The summed E-state index contributed by atoms with van der Waals surface area (Å²) in [4.78, 5) is 11.6. The molecule has 0 aromatic rings. The molecule has 0 unspecified atom stereocenters. The molecule has 0 atom stereocenters. The van der Waals surface area contributed by atoms with Gasteiger partial charge < -0.3 is 9.47 Å². The Balaban J connectivity index is 4.69. The van der Waals surface area contributed by atoms with Crippen molar-refractivity contribution in [3.8, 4) is 0 Å². The van der Waals surface area contributed by atoms with Gasteiger partial charge in [-0.3, -0.25) is 4.48 Å². The number of nitrogens with zero attached hydrogens (tertiary/aromatic N) is 1. The van der Waals surface area contributed by atoms with E-state index >= 15 is 0 Å². The first-order chi connectivity index (χ1) is 8.64. The normalized spacial score (nSPS) is 10.5. The van der Waals surface area contributed by atoms with Gasteiger partial charge in [0.05, 0.1) is 26.0 Å². The Morgan fingerprint density at radius 3 is 2.28 bits per heavy atom. The summed E-state index contributed by atoms with van der Waals surface area (Å²) in [6.07, 6.45) is 4.93. The van der Waals surface area contributed by atoms with Gasteiger partial charge in [0, 0.05) is 0 Å². The van der Waals surface area contributed by atoms with Crippen LogP contribution >= 0.6 is 0 Å². The molecule has 4 nitrogen and oxygen atoms in total. The summed E-state index contributed by atoms with van der Waals surface area (Å²) in [5, 5.41) is 0. The third kappa shape index (κ3) is 6.25. The molecule has 0 saturated carbocycles. The molecule has 0 amide bonds. The molecule has 18 heavy (non-hydrogen) atoms. The number of rotatable bonds is 11. The highest BCUT2D eigenvalue weighted by Crippen LogP contribution is 2.12. The van der Waals surface area contributed by atoms with Gasteiger partial charge in [0.25, 0.3) is 6.54 Å². The molecule has 0 saturated heterocycles. The quantitative estimate of drug-likeness (QED) is 0.186. The van der Waals surface area contributed by atoms with E-state index in [-0.39, 0.29) is 5.97 Å². The average molecular weight is 253 g/mol. The van der Waals surface area contributed by atoms with Crippen molar-refractivity contribution in [2.75, 3.05) is 32.8 Å². The van der Waals surface area contributed by atoms with Crippen molar-refractivity contribution < 1.29 is 18.8 Å². The highest BCUT2D eigenvalue weighted by molar-refractivity contribution is 5.76. The van der Waals surface area contributed by atoms with Gasteiger partial charge >= 0.3 is 5.97 Å². The van der Waals surface area contributed by atoms with Crippen molar-refractivity contribution in [3.63, 3.8) is 0 Å². The second-order valence-corrected chi connectivity index (χ2v) is 3.80. The second-order valence-electron chi connectivity index (χ2n) is 3.80. The van der Waals surface area contributed by atoms with Crippen molar-refractivity contribution in [3.05, 3.63) is 44.7 Å². The summed E-state index contributed by atoms with van der Waals surface area (Å²) in [6.45, 7) is 17.0. The Kier molecular flexibility index (Phi) is 8.66. The number of hydrogen-bond donors (Lipinski definition) is 0. The van der Waals surface area contributed by atoms with Crippen molar-refractivity contribution in [1.82, 2.24) is 0 Å². The fraction of sp³-hybridized carbons (Fsp3) is 0.429. The van der Waals surface area contributed by atoms with Gasteiger partial charge in [0.1, 0.15) is 13.2 Å². The Morgan fingerprint density at radius 2 is 1.83 bits per heavy atom. The van der Waals surface area contributed by atoms with Crippen LogP contribution in [0.2, 0.25) is 0 Å². The molecule has 0 aromatic carbocycles. The Bertz CT molecular complexity index is 277. The van der Waals surface area contributed by atoms with Gasteiger partial charge in [-0.05, 0) is 19.1 Å². The van der Waals surface area contributed by atoms with Gasteiger partial charge in [-0.2, -0.15) is 0 Å². The van der Waals surface area contributed by atoms with Crippen molar-refractivity contribution in [2.24, 2.45) is 0 Å². The summed E-state index contributed by atoms with van der Waals surface area (Å²) < 4.78 is 10.5. The monoisotopic (exact) mass is 253 g/mol. The van der Waals surface area contributed by atoms with E-state index < -0.39 is 0 Å². The van der Waals surface area contributed by atoms with E-state index in [0.717, 1.165) is 0 Å². The first-order valence-corrected chi connectivity index (χ1v) is 5.97. The van der Waals surface area contributed by atoms with Crippen LogP contribution in [0.3, 0.4) is 0 Å². The SMILES string of the molecule is C=CC[N+]([CH]C(=O)OCC)(CC=C)CCOC=C. The maximum Gasteiger partial charge on any atom is 0.372 e. The van der Waals surface area contributed by atoms with Crippen molar-refractivity contribution in [2.45, 2.75) is 6.92 Å². The molecule has 0 fully saturated rings. The van der Waals surface area contributed by atoms with Crippen LogP contribution in [-0.4, -0.2) is 43.3 Å². The maximum atomic E-state index is 11.6. The van der Waals surface area contributed by atoms with Crippen molar-refractivity contribution in [1.29, 1.82) is 0 Å². The maximum absolute atomic E-state index is 11.6. The predicted molar refractivity (Wildman–Crippen MR) is 72.3 cm³/mol. The van der Waals surface area contributed by atoms with Crippen molar-refractivity contribution >= 4 is 5.97 Å². The van der Waals surface area contributed by atoms with Crippen LogP contribution in [0.1, 0.15) is 6.92 Å². The summed E-state index contributed by atoms with van der Waals surface area (Å²) in [7, 11) is 0. The Labute approximate surface area is 110 Å². The number of ether oxygens (including phenoxy) is 2. The molecular formula is C14H23NO3+. The van der Waals surface area contributed by atoms with E-state index in [9.17, 15) is 4.79 Å². The van der Waals surface area contributed by atoms with E-state index in [4.69, 9.17) is 9.47 Å². The zero-order valence-electron chi connectivity index (χ0n) is 11.1. The first kappa shape index (κ1) is 16.4. The molecule has 0 aromatic heterocycles. The third-order valence-corrected chi connectivity index (χ3v) is 2.42. The molecule has 0 heterocycles. The standard InChI is InChI=1S/C14H23NO3/c1-5-9-15(10-6-2,11-12-17-7-3)13-14(16)18-8-4/h5-7,13H,1-3,8-12H2,4H3/q+1. The number of quaternary nitrogens is 1. The number of esters is 1. The summed E-state index contributed by atoms with van der Waals surface area (Å²) >= 11 is 0. The lowest BCUT2D eigenvalue weighted by Gasteiger charge is -2.34. The molecule has 0 N–H and O–H groups in total. The summed E-state index contributed by atoms with van der Waals surface area (Å²) in [5.41, 5.74) is 0. The molecule has 0 rings (SSSR count). The van der Waals surface area contributed by atoms with Gasteiger partial charge in [-0.25, -0.2) is 4.79 Å². The Hall–Kier alpha value is -1.55. The summed E-state index contributed by atoms with van der Waals surface area (Å²) in [5.74, 6) is -0.334. The van der Waals surface area contributed by atoms with E-state index in [0.29, 0.717) is 37.3 Å². The van der Waals surface area contributed by atoms with Crippen LogP contribution in [0.4, 0.5) is 0 Å². The van der Waals surface area contributed by atoms with Gasteiger partial charge in [0.2, 0.25) is 0 Å². The van der Waals surface area contributed by atoms with Crippen LogP contribution < -0.4 is 0 Å². The highest BCUT2D eigenvalue weighted by Gasteiger charge is 2.30. The van der Waals surface area contributed by atoms with Crippen LogP contribution in [0.25, 0.3) is 0 Å². The van der Waals surface area contributed by atoms with E-state index in [2.05, 4.69) is 19.7 Å². The molecule has 1 radical (unpaired) electrons. The van der Waals surface area contributed by atoms with E-state index in [1.165, 1.54) is 6.26 Å². The molecule has 0 spiro atoms. The molecule has 0 aliphatic carbocycles. The fourth-order valence-electron chi connectivity index (χ4n) is 1.66. The smallest absolute Gasteiger partial charge is 0.372 e. The molecule has 0 bridgehead atoms. The zero-order valence-corrected chi connectivity index (χ0v) is 11.1. The lowest BCUT2D eigenvalue weighted by molar-refractivity contribution is -0.884. The minimum absolute atomic E-state index is 0.334. The van der Waals surface area contributed by atoms with E-state index in [1.54, 1.807) is 25.6 Å². The number of hydrogen-bond acceptors (Lipinski definition) is 3. The molecule has 0 aliphatic heterocycles. The molecule has 4 heteroatoms. The lowest BCUT2D eigenvalue weighted by Crippen LogP contribution is -2.50. The minimum atomic E-state index is -0.334. The van der Waals surface area contributed by atoms with Gasteiger partial charge in [0.15, 0.2) is 0 Å². The summed E-state index contributed by atoms with van der Waals surface area (Å²) in [6, 6.07) is 0. The largest absolute Gasteiger partial charge is 0.496 e. The molecule has 0 aliphatic rings. The number of carbonyl (C=O) groups excluding carboxylic acids is 1. The topological polar surface area (TPSA) is 35.5 Å². The van der Waals surface area contributed by atoms with Gasteiger partial charge in [-0.1, -0.05) is 19.7 Å². The molecule has 101 valence electrons. The van der Waals surface area contributed by atoms with E-state index in [1.807, 2.05) is 0 Å². The van der Waals surface area contributed by atoms with Crippen LogP contribution in [-0.2, 0) is 14.3 Å². The predicted octanol–water partition coefficient (Wildman–Crippen LogP) is 2.06. The lowest BCUT2D eigenvalue weighted by atomic mass is 10.3. The minimum Gasteiger partial charge on any atom is -0.496 e. The van der Waals surface area contributed by atoms with Crippen LogP contribution in [0.5, 0.6) is 0 Å². The fourth-order valence-corrected chi connectivity index (χ4v) is 1.66. The van der Waals surface area contributed by atoms with Crippen LogP contribution in [0.15, 0.2) is 38.2 Å². The zero-order chi connectivity index (χ0) is 13.9. The second kappa shape index (κ2) is 9.48. The molecular weight excluding hydrogens is 230 g/mol. The van der Waals surface area contributed by atoms with Gasteiger partial charge in [-0.15, -0.1) is 0 Å². The highest BCUT2D eigenvalue weighted by atomic mass is 16.5. The number of carbonyl (C=O) groups is 1.